The highest BCUT2D eigenvalue weighted by molar-refractivity contribution is 5.40. The van der Waals surface area contributed by atoms with Crippen molar-refractivity contribution in [3.63, 3.8) is 0 Å². The Balaban J connectivity index is 0.00000154. The van der Waals surface area contributed by atoms with Crippen LogP contribution in [0.25, 0.3) is 0 Å². The van der Waals surface area contributed by atoms with Crippen LogP contribution < -0.4 is 14.8 Å². The largest absolute Gasteiger partial charge is 0.486 e. The zero-order chi connectivity index (χ0) is 26.8. The number of hydrogen-bond donors (Lipinski definition) is 1. The molecule has 200 valence electrons. The summed E-state index contributed by atoms with van der Waals surface area (Å²) in [6, 6.07) is 2.49. The molecule has 1 fully saturated rings. The second-order valence-corrected chi connectivity index (χ2v) is 8.07. The lowest BCUT2D eigenvalue weighted by Crippen LogP contribution is -2.44. The maximum atomic E-state index is 5.66. The zero-order valence-electron chi connectivity index (χ0n) is 23.3. The molecule has 1 aromatic heterocycles. The summed E-state index contributed by atoms with van der Waals surface area (Å²) in [5, 5.41) is 3.66. The average molecular weight is 497 g/mol. The number of aromatic nitrogens is 1. The van der Waals surface area contributed by atoms with Crippen molar-refractivity contribution in [3.05, 3.63) is 79.5 Å². The van der Waals surface area contributed by atoms with Crippen LogP contribution in [0.2, 0.25) is 0 Å². The normalized spacial score (nSPS) is 16.0. The zero-order valence-corrected chi connectivity index (χ0v) is 23.3. The van der Waals surface area contributed by atoms with E-state index in [4.69, 9.17) is 9.47 Å². The molecule has 1 N–H and O–H groups in total. The van der Waals surface area contributed by atoms with E-state index in [1.165, 1.54) is 0 Å². The van der Waals surface area contributed by atoms with Crippen molar-refractivity contribution in [2.75, 3.05) is 39.4 Å². The molecular weight excluding hydrogens is 448 g/mol. The number of pyridine rings is 1. The highest BCUT2D eigenvalue weighted by Crippen LogP contribution is 2.29. The predicted octanol–water partition coefficient (Wildman–Crippen LogP) is 6.11. The summed E-state index contributed by atoms with van der Waals surface area (Å²) in [7, 11) is 0. The molecule has 6 nitrogen and oxygen atoms in total. The molecule has 0 aromatic carbocycles. The number of fused-ring (bicyclic) bond motifs is 1. The van der Waals surface area contributed by atoms with E-state index in [2.05, 4.69) is 46.8 Å². The smallest absolute Gasteiger partial charge is 0.179 e. The molecule has 3 rings (SSSR count). The topological polar surface area (TPSA) is 49.9 Å². The van der Waals surface area contributed by atoms with Gasteiger partial charge in [-0.25, -0.2) is 0 Å². The minimum absolute atomic E-state index is 0.505. The molecule has 2 aliphatic rings. The van der Waals surface area contributed by atoms with Crippen LogP contribution in [0.4, 0.5) is 0 Å². The number of piperidine rings is 1. The van der Waals surface area contributed by atoms with E-state index in [1.54, 1.807) is 6.20 Å². The fourth-order valence-corrected chi connectivity index (χ4v) is 4.08. The lowest BCUT2D eigenvalue weighted by atomic mass is 10.0. The summed E-state index contributed by atoms with van der Waals surface area (Å²) >= 11 is 0. The number of nitrogens with one attached hydrogen (secondary N) is 1. The van der Waals surface area contributed by atoms with Crippen LogP contribution >= 0.6 is 0 Å². The van der Waals surface area contributed by atoms with Crippen LogP contribution in [0.15, 0.2) is 73.8 Å². The van der Waals surface area contributed by atoms with Gasteiger partial charge in [-0.15, -0.1) is 0 Å². The first kappa shape index (κ1) is 31.2. The van der Waals surface area contributed by atoms with E-state index < -0.39 is 0 Å². The molecule has 0 spiro atoms. The Kier molecular flexibility index (Phi) is 16.0. The van der Waals surface area contributed by atoms with E-state index >= 15 is 0 Å². The van der Waals surface area contributed by atoms with Gasteiger partial charge >= 0.3 is 0 Å². The van der Waals surface area contributed by atoms with Gasteiger partial charge in [0.05, 0.1) is 11.9 Å². The van der Waals surface area contributed by atoms with Crippen LogP contribution in [0.5, 0.6) is 11.5 Å². The van der Waals surface area contributed by atoms with E-state index in [9.17, 15) is 0 Å². The molecule has 0 amide bonds. The molecule has 0 atom stereocenters. The van der Waals surface area contributed by atoms with Crippen LogP contribution in [0.1, 0.15) is 53.2 Å². The Morgan fingerprint density at radius 1 is 1.06 bits per heavy atom. The third-order valence-electron chi connectivity index (χ3n) is 5.88. The molecule has 3 heterocycles. The highest BCUT2D eigenvalue weighted by Gasteiger charge is 2.20. The van der Waals surface area contributed by atoms with Crippen LogP contribution in [0, 0.1) is 0 Å². The predicted molar refractivity (Wildman–Crippen MR) is 153 cm³/mol. The van der Waals surface area contributed by atoms with Crippen LogP contribution in [0.3, 0.4) is 0 Å². The summed E-state index contributed by atoms with van der Waals surface area (Å²) in [5.41, 5.74) is 3.25. The molecule has 0 saturated carbocycles. The van der Waals surface area contributed by atoms with Crippen molar-refractivity contribution in [2.45, 2.75) is 60.0 Å². The number of allylic oxidation sites excluding steroid dienone is 5. The molecule has 2 aliphatic heterocycles. The Morgan fingerprint density at radius 3 is 2.31 bits per heavy atom. The minimum Gasteiger partial charge on any atom is -0.486 e. The molecular formula is C30H48N4O2. The van der Waals surface area contributed by atoms with E-state index in [0.717, 1.165) is 74.0 Å². The van der Waals surface area contributed by atoms with Crippen LogP contribution in [-0.2, 0) is 6.54 Å². The number of nitrogens with zero attached hydrogens (tertiary/aromatic N) is 3. The molecule has 0 radical (unpaired) electrons. The van der Waals surface area contributed by atoms with Crippen molar-refractivity contribution < 1.29 is 9.47 Å². The van der Waals surface area contributed by atoms with Crippen molar-refractivity contribution >= 4 is 0 Å². The molecule has 36 heavy (non-hydrogen) atoms. The first-order valence-electron chi connectivity index (χ1n) is 13.4. The van der Waals surface area contributed by atoms with Crippen molar-refractivity contribution in [1.82, 2.24) is 20.1 Å². The second-order valence-electron chi connectivity index (χ2n) is 8.07. The lowest BCUT2D eigenvalue weighted by molar-refractivity contribution is 0.170. The van der Waals surface area contributed by atoms with Gasteiger partial charge in [-0.2, -0.15) is 0 Å². The van der Waals surface area contributed by atoms with Crippen molar-refractivity contribution in [3.8, 4) is 11.5 Å². The number of likely N-dealkylation sites (tertiary alicyclic amines) is 1. The maximum absolute atomic E-state index is 5.66. The van der Waals surface area contributed by atoms with Gasteiger partial charge in [-0.1, -0.05) is 65.7 Å². The van der Waals surface area contributed by atoms with E-state index in [1.807, 2.05) is 64.3 Å². The summed E-state index contributed by atoms with van der Waals surface area (Å²) in [5.74, 6) is 1.54. The summed E-state index contributed by atoms with van der Waals surface area (Å²) in [4.78, 5) is 9.20. The van der Waals surface area contributed by atoms with Gasteiger partial charge in [0.1, 0.15) is 13.2 Å². The molecule has 6 heteroatoms. The minimum atomic E-state index is 0.505. The third-order valence-corrected chi connectivity index (χ3v) is 5.88. The van der Waals surface area contributed by atoms with Gasteiger partial charge in [0.25, 0.3) is 0 Å². The Labute approximate surface area is 220 Å². The number of hydrogen-bond acceptors (Lipinski definition) is 6. The van der Waals surface area contributed by atoms with Gasteiger partial charge in [0.2, 0.25) is 0 Å². The van der Waals surface area contributed by atoms with E-state index in [-0.39, 0.29) is 0 Å². The van der Waals surface area contributed by atoms with Gasteiger partial charge in [-0.3, -0.25) is 4.98 Å². The summed E-state index contributed by atoms with van der Waals surface area (Å²) in [6.07, 6.45) is 13.6. The maximum Gasteiger partial charge on any atom is 0.179 e. The third kappa shape index (κ3) is 10.0. The Morgan fingerprint density at radius 2 is 1.69 bits per heavy atom. The monoisotopic (exact) mass is 496 g/mol. The fraction of sp³-hybridized carbons (Fsp3) is 0.500. The summed E-state index contributed by atoms with van der Waals surface area (Å²) < 4.78 is 11.2. The first-order chi connectivity index (χ1) is 17.6. The quantitative estimate of drug-likeness (QED) is 0.373. The fourth-order valence-electron chi connectivity index (χ4n) is 4.08. The molecule has 0 unspecified atom stereocenters. The van der Waals surface area contributed by atoms with Crippen molar-refractivity contribution in [1.29, 1.82) is 0 Å². The standard InChI is InChI=1S/C26H36N4O2.2C2H6/c1-5-8-21(4)24(9-6-2)30(7-3)15-14-29-12-10-22(11-13-29)27-19-23-18-25-26(20-28-23)32-17-16-31-25;2*1-2/h5-9,18,20,22,27H,1-3,10-17,19H2,4H3;2*1-2H3/b21-8-,24-9+;;. The molecule has 1 aromatic rings. The molecule has 1 saturated heterocycles. The lowest BCUT2D eigenvalue weighted by Gasteiger charge is -2.34. The van der Waals surface area contributed by atoms with Gasteiger partial charge < -0.3 is 24.6 Å². The molecule has 0 aliphatic carbocycles. The number of ether oxygens (including phenoxy) is 2. The Bertz CT molecular complexity index is 855. The van der Waals surface area contributed by atoms with Crippen LogP contribution in [-0.4, -0.2) is 60.2 Å². The number of rotatable bonds is 11. The van der Waals surface area contributed by atoms with Gasteiger partial charge in [0.15, 0.2) is 11.5 Å². The second kappa shape index (κ2) is 18.4. The SMILES string of the molecule is C=C/C=C(C)\C(=C/C=C)N(C=C)CCN1CCC(NCc2cc3c(cn2)OCCO3)CC1.CC.CC. The highest BCUT2D eigenvalue weighted by atomic mass is 16.6. The van der Waals surface area contributed by atoms with Gasteiger partial charge in [-0.05, 0) is 50.7 Å². The van der Waals surface area contributed by atoms with Gasteiger partial charge in [0, 0.05) is 37.4 Å². The van der Waals surface area contributed by atoms with Crippen molar-refractivity contribution in [2.24, 2.45) is 0 Å². The summed E-state index contributed by atoms with van der Waals surface area (Å²) in [6.45, 7) is 27.7. The Hall–Kier alpha value is -2.83. The first-order valence-corrected chi connectivity index (χ1v) is 13.4. The average Bonchev–Trinajstić information content (AvgIpc) is 2.94. The van der Waals surface area contributed by atoms with E-state index in [0.29, 0.717) is 19.3 Å². The molecule has 0 bridgehead atoms.